The van der Waals surface area contributed by atoms with Crippen molar-refractivity contribution in [3.05, 3.63) is 46.5 Å². The van der Waals surface area contributed by atoms with Crippen molar-refractivity contribution in [2.24, 2.45) is 0 Å². The number of carbonyl (C=O) groups excluding carboxylic acids is 2. The Kier molecular flexibility index (Phi) is 15.6. The lowest BCUT2D eigenvalue weighted by Crippen LogP contribution is -2.55. The summed E-state index contributed by atoms with van der Waals surface area (Å²) in [5.41, 5.74) is -1.27. The molecule has 0 unspecified atom stereocenters. The average molecular weight is 833 g/mol. The van der Waals surface area contributed by atoms with Gasteiger partial charge in [0.25, 0.3) is 11.8 Å². The standard InChI is InChI=1S/2C20H27F3N2O2S/c2*1-27-16-10-12(20(21,22)23)11-17(28-2)18(16)19(26)25-15-9-4-3-8-14(15)24-13-6-5-7-13/h2*10-11,13-15,24H,3-9H2,1-2H3,(H,25,26)/t2*14-,15+/m10/s1. The smallest absolute Gasteiger partial charge is 0.416 e. The van der Waals surface area contributed by atoms with Crippen LogP contribution in [0.2, 0.25) is 0 Å². The van der Waals surface area contributed by atoms with Crippen molar-refractivity contribution in [3.63, 3.8) is 0 Å². The minimum absolute atomic E-state index is 0.0245. The van der Waals surface area contributed by atoms with Crippen molar-refractivity contribution in [1.29, 1.82) is 0 Å². The van der Waals surface area contributed by atoms with E-state index >= 15 is 0 Å². The normalized spacial score (nSPS) is 23.2. The number of amides is 2. The topological polar surface area (TPSA) is 101 Å². The molecular formula is C40H54F6N4O4S2. The van der Waals surface area contributed by atoms with Crippen LogP contribution < -0.4 is 30.7 Å². The predicted molar refractivity (Wildman–Crippen MR) is 208 cm³/mol. The molecule has 6 rings (SSSR count). The van der Waals surface area contributed by atoms with Gasteiger partial charge in [0.05, 0.1) is 36.5 Å². The molecule has 56 heavy (non-hydrogen) atoms. The molecule has 0 saturated heterocycles. The van der Waals surface area contributed by atoms with Crippen LogP contribution in [0.4, 0.5) is 26.3 Å². The summed E-state index contributed by atoms with van der Waals surface area (Å²) in [5, 5.41) is 13.4. The van der Waals surface area contributed by atoms with Crippen LogP contribution in [0, 0.1) is 0 Å². The lowest BCUT2D eigenvalue weighted by Gasteiger charge is -2.38. The van der Waals surface area contributed by atoms with Gasteiger partial charge in [0, 0.05) is 46.0 Å². The lowest BCUT2D eigenvalue weighted by molar-refractivity contribution is -0.138. The van der Waals surface area contributed by atoms with Crippen molar-refractivity contribution in [2.75, 3.05) is 26.7 Å². The number of carbonyl (C=O) groups is 2. The summed E-state index contributed by atoms with van der Waals surface area (Å²) in [6, 6.07) is 5.25. The highest BCUT2D eigenvalue weighted by Gasteiger charge is 2.37. The van der Waals surface area contributed by atoms with Gasteiger partial charge >= 0.3 is 12.4 Å². The maximum atomic E-state index is 13.2. The van der Waals surface area contributed by atoms with Gasteiger partial charge in [0.1, 0.15) is 11.5 Å². The van der Waals surface area contributed by atoms with Gasteiger partial charge in [0.15, 0.2) is 0 Å². The minimum atomic E-state index is -4.49. The molecule has 4 N–H and O–H groups in total. The molecule has 4 aliphatic carbocycles. The molecule has 4 fully saturated rings. The molecule has 16 heteroatoms. The van der Waals surface area contributed by atoms with Crippen LogP contribution in [0.25, 0.3) is 0 Å². The largest absolute Gasteiger partial charge is 0.496 e. The van der Waals surface area contributed by atoms with E-state index in [1.165, 1.54) is 52.7 Å². The first kappa shape index (κ1) is 44.3. The zero-order valence-corrected chi connectivity index (χ0v) is 34.0. The molecule has 0 bridgehead atoms. The van der Waals surface area contributed by atoms with E-state index in [2.05, 4.69) is 21.3 Å². The van der Waals surface area contributed by atoms with Gasteiger partial charge in [0.2, 0.25) is 0 Å². The summed E-state index contributed by atoms with van der Waals surface area (Å²) in [7, 11) is 2.58. The van der Waals surface area contributed by atoms with Crippen LogP contribution in [0.3, 0.4) is 0 Å². The SMILES string of the molecule is COc1cc(C(F)(F)F)cc(SC)c1C(=O)N[C@@H]1CCCC[C@@H]1NC1CCC1.COc1cc(C(F)(F)F)cc(SC)c1C(=O)N[C@H]1CCCC[C@H]1NC1CCC1. The van der Waals surface area contributed by atoms with Crippen LogP contribution in [0.15, 0.2) is 34.1 Å². The molecule has 0 radical (unpaired) electrons. The van der Waals surface area contributed by atoms with E-state index in [4.69, 9.17) is 9.47 Å². The first-order chi connectivity index (χ1) is 26.7. The molecule has 0 heterocycles. The number of hydrogen-bond donors (Lipinski definition) is 4. The van der Waals surface area contributed by atoms with E-state index < -0.39 is 23.5 Å². The van der Waals surface area contributed by atoms with Crippen LogP contribution in [-0.4, -0.2) is 74.8 Å². The summed E-state index contributed by atoms with van der Waals surface area (Å²) >= 11 is 2.23. The van der Waals surface area contributed by atoms with E-state index in [1.54, 1.807) is 12.5 Å². The number of methoxy groups -OCH3 is 2. The number of alkyl halides is 6. The van der Waals surface area contributed by atoms with E-state index in [0.717, 1.165) is 99.2 Å². The molecule has 8 nitrogen and oxygen atoms in total. The molecular weight excluding hydrogens is 779 g/mol. The number of ether oxygens (including phenoxy) is 2. The minimum Gasteiger partial charge on any atom is -0.496 e. The van der Waals surface area contributed by atoms with Gasteiger partial charge in [-0.2, -0.15) is 26.3 Å². The van der Waals surface area contributed by atoms with Crippen molar-refractivity contribution >= 4 is 35.3 Å². The number of halogens is 6. The third-order valence-electron chi connectivity index (χ3n) is 11.4. The molecule has 0 aromatic heterocycles. The second kappa shape index (κ2) is 19.8. The Morgan fingerprint density at radius 1 is 0.554 bits per heavy atom. The summed E-state index contributed by atoms with van der Waals surface area (Å²) in [5.74, 6) is -0.837. The van der Waals surface area contributed by atoms with Gasteiger partial charge in [-0.15, -0.1) is 23.5 Å². The quantitative estimate of drug-likeness (QED) is 0.124. The predicted octanol–water partition coefficient (Wildman–Crippen LogP) is 9.24. The summed E-state index contributed by atoms with van der Waals surface area (Å²) in [4.78, 5) is 26.6. The number of nitrogens with one attached hydrogen (secondary N) is 4. The molecule has 2 aromatic carbocycles. The van der Waals surface area contributed by atoms with Crippen LogP contribution in [0.1, 0.15) is 122 Å². The van der Waals surface area contributed by atoms with Crippen LogP contribution in [0.5, 0.6) is 11.5 Å². The molecule has 2 aromatic rings. The van der Waals surface area contributed by atoms with Crippen molar-refractivity contribution in [1.82, 2.24) is 21.3 Å². The average Bonchev–Trinajstić information content (AvgIpc) is 3.13. The van der Waals surface area contributed by atoms with Gasteiger partial charge in [-0.05, 0) is 88.1 Å². The fourth-order valence-corrected chi connectivity index (χ4v) is 9.13. The Balaban J connectivity index is 0.000000214. The van der Waals surface area contributed by atoms with Gasteiger partial charge in [-0.25, -0.2) is 0 Å². The summed E-state index contributed by atoms with van der Waals surface area (Å²) in [6.45, 7) is 0. The number of hydrogen-bond acceptors (Lipinski definition) is 8. The molecule has 4 atom stereocenters. The first-order valence-electron chi connectivity index (χ1n) is 19.5. The van der Waals surface area contributed by atoms with E-state index in [-0.39, 0.29) is 68.4 Å². The highest BCUT2D eigenvalue weighted by molar-refractivity contribution is 7.99. The second-order valence-corrected chi connectivity index (χ2v) is 16.7. The first-order valence-corrected chi connectivity index (χ1v) is 21.9. The molecule has 4 saturated carbocycles. The molecule has 0 aliphatic heterocycles. The van der Waals surface area contributed by atoms with Crippen molar-refractivity contribution in [2.45, 2.75) is 148 Å². The third kappa shape index (κ3) is 11.2. The monoisotopic (exact) mass is 832 g/mol. The Morgan fingerprint density at radius 2 is 0.893 bits per heavy atom. The Bertz CT molecular complexity index is 1480. The van der Waals surface area contributed by atoms with Crippen molar-refractivity contribution < 1.29 is 45.4 Å². The van der Waals surface area contributed by atoms with Gasteiger partial charge in [-0.1, -0.05) is 38.5 Å². The number of benzene rings is 2. The highest BCUT2D eigenvalue weighted by Crippen LogP contribution is 2.40. The fraction of sp³-hybridized carbons (Fsp3) is 0.650. The molecule has 2 amide bonds. The zero-order chi connectivity index (χ0) is 40.6. The maximum Gasteiger partial charge on any atom is 0.416 e. The van der Waals surface area contributed by atoms with E-state index in [9.17, 15) is 35.9 Å². The molecule has 312 valence electrons. The number of rotatable bonds is 12. The third-order valence-corrected chi connectivity index (χ3v) is 12.9. The molecule has 0 spiro atoms. The zero-order valence-electron chi connectivity index (χ0n) is 32.4. The summed E-state index contributed by atoms with van der Waals surface area (Å²) in [6.07, 6.45) is 9.53. The fourth-order valence-electron chi connectivity index (χ4n) is 7.84. The Labute approximate surface area is 334 Å². The van der Waals surface area contributed by atoms with Crippen LogP contribution >= 0.6 is 23.5 Å². The molecule has 4 aliphatic rings. The van der Waals surface area contributed by atoms with E-state index in [0.29, 0.717) is 12.1 Å². The van der Waals surface area contributed by atoms with Crippen LogP contribution in [-0.2, 0) is 12.4 Å². The second-order valence-electron chi connectivity index (χ2n) is 15.0. The Hall–Kier alpha value is -2.82. The van der Waals surface area contributed by atoms with E-state index in [1.807, 2.05) is 0 Å². The number of thioether (sulfide) groups is 2. The lowest BCUT2D eigenvalue weighted by atomic mass is 9.86. The van der Waals surface area contributed by atoms with Gasteiger partial charge < -0.3 is 30.7 Å². The Morgan fingerprint density at radius 3 is 1.16 bits per heavy atom. The van der Waals surface area contributed by atoms with Crippen molar-refractivity contribution in [3.8, 4) is 11.5 Å². The maximum absolute atomic E-state index is 13.2. The van der Waals surface area contributed by atoms with Gasteiger partial charge in [-0.3, -0.25) is 9.59 Å². The summed E-state index contributed by atoms with van der Waals surface area (Å²) < 4.78 is 89.3. The highest BCUT2D eigenvalue weighted by atomic mass is 32.2.